The first kappa shape index (κ1) is 18.7. The van der Waals surface area contributed by atoms with Crippen molar-refractivity contribution in [3.63, 3.8) is 0 Å². The quantitative estimate of drug-likeness (QED) is 0.366. The van der Waals surface area contributed by atoms with Gasteiger partial charge in [0.15, 0.2) is 0 Å². The van der Waals surface area contributed by atoms with Crippen LogP contribution in [0.5, 0.6) is 0 Å². The predicted octanol–water partition coefficient (Wildman–Crippen LogP) is 2.74. The molecule has 0 amide bonds. The van der Waals surface area contributed by atoms with Gasteiger partial charge in [0.2, 0.25) is 0 Å². The maximum atomic E-state index is 10.4. The van der Waals surface area contributed by atoms with Crippen molar-refractivity contribution in [1.82, 2.24) is 0 Å². The van der Waals surface area contributed by atoms with E-state index in [0.717, 1.165) is 19.3 Å². The molecule has 0 aromatic heterocycles. The lowest BCUT2D eigenvalue weighted by Gasteiger charge is -2.17. The monoisotopic (exact) mass is 308 g/mol. The summed E-state index contributed by atoms with van der Waals surface area (Å²) in [5.41, 5.74) is 0. The molecule has 0 aromatic rings. The molecule has 4 heteroatoms. The van der Waals surface area contributed by atoms with Gasteiger partial charge in [-0.25, -0.2) is 0 Å². The molecule has 1 rings (SSSR count). The molecule has 0 bridgehead atoms. The average molecular weight is 308 g/mol. The molecule has 3 N–H and O–H groups in total. The molecular formula is C18H28O4. The number of aliphatic hydroxyl groups excluding tert-OH is 2. The van der Waals surface area contributed by atoms with E-state index in [9.17, 15) is 15.0 Å². The molecule has 0 radical (unpaired) electrons. The Balaban J connectivity index is 2.35. The van der Waals surface area contributed by atoms with Crippen molar-refractivity contribution in [2.24, 2.45) is 11.8 Å². The lowest BCUT2D eigenvalue weighted by molar-refractivity contribution is -0.137. The highest BCUT2D eigenvalue weighted by molar-refractivity contribution is 5.66. The van der Waals surface area contributed by atoms with Crippen LogP contribution < -0.4 is 0 Å². The Morgan fingerprint density at radius 1 is 1.32 bits per heavy atom. The number of unbranched alkanes of at least 4 members (excludes halogenated alkanes) is 2. The third-order valence-corrected chi connectivity index (χ3v) is 4.24. The van der Waals surface area contributed by atoms with Gasteiger partial charge in [-0.1, -0.05) is 19.1 Å². The minimum absolute atomic E-state index is 0.145. The number of allylic oxidation sites excluding steroid dienone is 1. The van der Waals surface area contributed by atoms with E-state index in [0.29, 0.717) is 25.7 Å². The van der Waals surface area contributed by atoms with Crippen LogP contribution in [0.25, 0.3) is 0 Å². The molecule has 0 spiro atoms. The highest BCUT2D eigenvalue weighted by atomic mass is 16.4. The van der Waals surface area contributed by atoms with E-state index in [1.165, 1.54) is 0 Å². The summed E-state index contributed by atoms with van der Waals surface area (Å²) in [6.45, 7) is 1.94. The van der Waals surface area contributed by atoms with Crippen molar-refractivity contribution in [3.8, 4) is 11.8 Å². The molecule has 0 aliphatic heterocycles. The van der Waals surface area contributed by atoms with Gasteiger partial charge in [0, 0.05) is 25.2 Å². The Kier molecular flexibility index (Phi) is 8.88. The van der Waals surface area contributed by atoms with Crippen LogP contribution in [0.3, 0.4) is 0 Å². The molecule has 4 unspecified atom stereocenters. The third kappa shape index (κ3) is 7.11. The van der Waals surface area contributed by atoms with Crippen molar-refractivity contribution < 1.29 is 20.1 Å². The molecule has 4 nitrogen and oxygen atoms in total. The zero-order chi connectivity index (χ0) is 16.4. The second-order valence-electron chi connectivity index (χ2n) is 5.99. The number of rotatable bonds is 8. The third-order valence-electron chi connectivity index (χ3n) is 4.24. The van der Waals surface area contributed by atoms with Crippen LogP contribution in [0, 0.1) is 23.7 Å². The second-order valence-corrected chi connectivity index (χ2v) is 5.99. The zero-order valence-corrected chi connectivity index (χ0v) is 13.4. The zero-order valence-electron chi connectivity index (χ0n) is 13.4. The molecular weight excluding hydrogens is 280 g/mol. The normalized spacial score (nSPS) is 25.9. The summed E-state index contributed by atoms with van der Waals surface area (Å²) in [6.07, 6.45) is 8.63. The molecule has 1 aliphatic carbocycles. The molecule has 1 saturated carbocycles. The average Bonchev–Trinajstić information content (AvgIpc) is 2.84. The van der Waals surface area contributed by atoms with Crippen molar-refractivity contribution in [1.29, 1.82) is 0 Å². The topological polar surface area (TPSA) is 77.8 Å². The van der Waals surface area contributed by atoms with Gasteiger partial charge in [0.05, 0.1) is 12.2 Å². The number of carbonyl (C=O) groups is 1. The van der Waals surface area contributed by atoms with Crippen molar-refractivity contribution >= 4 is 5.97 Å². The summed E-state index contributed by atoms with van der Waals surface area (Å²) in [5, 5.41) is 28.2. The molecule has 22 heavy (non-hydrogen) atoms. The van der Waals surface area contributed by atoms with E-state index in [2.05, 4.69) is 11.8 Å². The minimum atomic E-state index is -0.758. The van der Waals surface area contributed by atoms with E-state index in [-0.39, 0.29) is 24.4 Å². The fourth-order valence-corrected chi connectivity index (χ4v) is 2.78. The first-order chi connectivity index (χ1) is 10.5. The first-order valence-corrected chi connectivity index (χ1v) is 8.26. The highest BCUT2D eigenvalue weighted by Crippen LogP contribution is 2.35. The van der Waals surface area contributed by atoms with Crippen LogP contribution >= 0.6 is 0 Å². The maximum Gasteiger partial charge on any atom is 0.303 e. The van der Waals surface area contributed by atoms with Gasteiger partial charge < -0.3 is 15.3 Å². The van der Waals surface area contributed by atoms with Gasteiger partial charge in [-0.2, -0.15) is 0 Å². The fraction of sp³-hybridized carbons (Fsp3) is 0.722. The van der Waals surface area contributed by atoms with Crippen molar-refractivity contribution in [3.05, 3.63) is 12.2 Å². The Morgan fingerprint density at radius 2 is 2.09 bits per heavy atom. The first-order valence-electron chi connectivity index (χ1n) is 8.26. The Morgan fingerprint density at radius 3 is 2.77 bits per heavy atom. The Bertz CT molecular complexity index is 419. The molecule has 0 aromatic carbocycles. The van der Waals surface area contributed by atoms with Gasteiger partial charge in [0.25, 0.3) is 0 Å². The van der Waals surface area contributed by atoms with Gasteiger partial charge in [-0.3, -0.25) is 4.79 Å². The van der Waals surface area contributed by atoms with E-state index < -0.39 is 12.1 Å². The minimum Gasteiger partial charge on any atom is -0.481 e. The summed E-state index contributed by atoms with van der Waals surface area (Å²) in [4.78, 5) is 10.4. The number of hydrogen-bond acceptors (Lipinski definition) is 3. The molecule has 124 valence electrons. The van der Waals surface area contributed by atoms with Crippen molar-refractivity contribution in [2.45, 2.75) is 70.5 Å². The lowest BCUT2D eigenvalue weighted by atomic mass is 9.91. The number of carboxylic acid groups (broad SMARTS) is 1. The molecule has 1 aliphatic rings. The Labute approximate surface area is 133 Å². The summed E-state index contributed by atoms with van der Waals surface area (Å²) in [6, 6.07) is 0. The van der Waals surface area contributed by atoms with Gasteiger partial charge in [0.1, 0.15) is 0 Å². The van der Waals surface area contributed by atoms with Crippen LogP contribution in [-0.2, 0) is 4.79 Å². The van der Waals surface area contributed by atoms with E-state index >= 15 is 0 Å². The number of carboxylic acids is 1. The van der Waals surface area contributed by atoms with Crippen molar-refractivity contribution in [2.75, 3.05) is 0 Å². The van der Waals surface area contributed by atoms with Crippen LogP contribution in [0.15, 0.2) is 12.2 Å². The lowest BCUT2D eigenvalue weighted by Crippen LogP contribution is -2.17. The van der Waals surface area contributed by atoms with Crippen LogP contribution in [0.1, 0.15) is 58.3 Å². The number of aliphatic hydroxyl groups is 2. The summed E-state index contributed by atoms with van der Waals surface area (Å²) < 4.78 is 0. The van der Waals surface area contributed by atoms with Crippen LogP contribution in [-0.4, -0.2) is 33.5 Å². The predicted molar refractivity (Wildman–Crippen MR) is 86.2 cm³/mol. The summed E-state index contributed by atoms with van der Waals surface area (Å²) >= 11 is 0. The standard InChI is InChI=1S/C18H28O4/c1-2-15(19)12-10-14-11-13-17(20)16(14)8-6-4-3-5-7-9-18(21)22/h10,12,14-17,19-20H,2-3,5,7-9,11,13H2,1H3,(H,21,22)/b12-10+. The summed E-state index contributed by atoms with van der Waals surface area (Å²) in [7, 11) is 0. The van der Waals surface area contributed by atoms with E-state index in [1.54, 1.807) is 0 Å². The van der Waals surface area contributed by atoms with Crippen LogP contribution in [0.4, 0.5) is 0 Å². The van der Waals surface area contributed by atoms with E-state index in [1.807, 2.05) is 19.1 Å². The largest absolute Gasteiger partial charge is 0.481 e. The number of hydrogen-bond donors (Lipinski definition) is 3. The van der Waals surface area contributed by atoms with Crippen LogP contribution in [0.2, 0.25) is 0 Å². The van der Waals surface area contributed by atoms with Gasteiger partial charge >= 0.3 is 5.97 Å². The smallest absolute Gasteiger partial charge is 0.303 e. The SMILES string of the molecule is CCC(O)/C=C/C1CCC(O)C1CC#CCCCCC(=O)O. The molecule has 0 saturated heterocycles. The second kappa shape index (κ2) is 10.4. The van der Waals surface area contributed by atoms with E-state index in [4.69, 9.17) is 5.11 Å². The number of aliphatic carboxylic acids is 1. The maximum absolute atomic E-state index is 10.4. The van der Waals surface area contributed by atoms with Gasteiger partial charge in [-0.15, -0.1) is 11.8 Å². The highest BCUT2D eigenvalue weighted by Gasteiger charge is 2.32. The molecule has 0 heterocycles. The van der Waals surface area contributed by atoms with Gasteiger partial charge in [-0.05, 0) is 38.0 Å². The fourth-order valence-electron chi connectivity index (χ4n) is 2.78. The molecule has 4 atom stereocenters. The Hall–Kier alpha value is -1.31. The molecule has 1 fully saturated rings. The summed E-state index contributed by atoms with van der Waals surface area (Å²) in [5.74, 6) is 5.88.